The number of thiazole rings is 1. The van der Waals surface area contributed by atoms with E-state index in [0.29, 0.717) is 34.5 Å². The number of halogens is 1. The molecule has 0 spiro atoms. The van der Waals surface area contributed by atoms with Gasteiger partial charge in [-0.3, -0.25) is 0 Å². The molecule has 0 amide bonds. The van der Waals surface area contributed by atoms with E-state index in [-0.39, 0.29) is 10.8 Å². The number of thiophene rings is 1. The molecule has 1 aromatic carbocycles. The smallest absolute Gasteiger partial charge is 0.338 e. The van der Waals surface area contributed by atoms with E-state index >= 15 is 0 Å². The second-order valence-corrected chi connectivity index (χ2v) is 10.3. The van der Waals surface area contributed by atoms with Crippen LogP contribution in [0.1, 0.15) is 24.2 Å². The molecular formula is C18H19ClN2O5S3. The fraction of sp³-hybridized carbons (Fsp3) is 0.333. The molecule has 3 aromatic rings. The van der Waals surface area contributed by atoms with E-state index in [1.165, 1.54) is 23.5 Å². The minimum atomic E-state index is -3.91. The third kappa shape index (κ3) is 5.07. The maximum atomic E-state index is 12.7. The van der Waals surface area contributed by atoms with Crippen molar-refractivity contribution < 1.29 is 22.7 Å². The Kier molecular flexibility index (Phi) is 7.12. The Hall–Kier alpha value is -1.72. The minimum absolute atomic E-state index is 0.0727. The summed E-state index contributed by atoms with van der Waals surface area (Å²) in [6.45, 7) is 5.28. The van der Waals surface area contributed by atoms with Crippen molar-refractivity contribution in [1.82, 2.24) is 4.57 Å². The lowest BCUT2D eigenvalue weighted by Crippen LogP contribution is -2.19. The second-order valence-electron chi connectivity index (χ2n) is 5.76. The highest BCUT2D eigenvalue weighted by Crippen LogP contribution is 2.27. The average molecular weight is 475 g/mol. The predicted octanol–water partition coefficient (Wildman–Crippen LogP) is 3.92. The third-order valence-electron chi connectivity index (χ3n) is 3.86. The molecule has 0 atom stereocenters. The van der Waals surface area contributed by atoms with Gasteiger partial charge in [-0.1, -0.05) is 22.9 Å². The lowest BCUT2D eigenvalue weighted by molar-refractivity contribution is 0.0526. The molecule has 0 saturated heterocycles. The van der Waals surface area contributed by atoms with Crippen molar-refractivity contribution in [3.63, 3.8) is 0 Å². The highest BCUT2D eigenvalue weighted by molar-refractivity contribution is 7.92. The summed E-state index contributed by atoms with van der Waals surface area (Å²) in [7, 11) is -3.91. The zero-order valence-corrected chi connectivity index (χ0v) is 19.0. The molecule has 11 heteroatoms. The summed E-state index contributed by atoms with van der Waals surface area (Å²) >= 11 is 8.01. The molecule has 0 bridgehead atoms. The number of ether oxygens (including phenoxy) is 2. The van der Waals surface area contributed by atoms with Gasteiger partial charge in [0, 0.05) is 13.2 Å². The summed E-state index contributed by atoms with van der Waals surface area (Å²) < 4.78 is 42.9. The Labute approximate surface area is 181 Å². The molecule has 3 rings (SSSR count). The maximum absolute atomic E-state index is 12.7. The van der Waals surface area contributed by atoms with Crippen LogP contribution < -0.4 is 4.80 Å². The van der Waals surface area contributed by atoms with Crippen LogP contribution in [0, 0.1) is 0 Å². The number of esters is 1. The van der Waals surface area contributed by atoms with Crippen LogP contribution in [0.2, 0.25) is 4.34 Å². The molecule has 0 aliphatic carbocycles. The van der Waals surface area contributed by atoms with E-state index in [2.05, 4.69) is 4.40 Å². The molecule has 0 aliphatic heterocycles. The van der Waals surface area contributed by atoms with Crippen molar-refractivity contribution in [1.29, 1.82) is 0 Å². The number of nitrogens with zero attached hydrogens (tertiary/aromatic N) is 2. The molecule has 0 aliphatic rings. The molecule has 2 heterocycles. The van der Waals surface area contributed by atoms with Gasteiger partial charge in [-0.2, -0.15) is 8.42 Å². The van der Waals surface area contributed by atoms with Gasteiger partial charge in [-0.15, -0.1) is 15.7 Å². The third-order valence-corrected chi connectivity index (χ3v) is 7.98. The number of fused-ring (bicyclic) bond motifs is 1. The van der Waals surface area contributed by atoms with Crippen molar-refractivity contribution in [2.24, 2.45) is 4.40 Å². The fourth-order valence-electron chi connectivity index (χ4n) is 2.59. The minimum Gasteiger partial charge on any atom is -0.462 e. The zero-order chi connectivity index (χ0) is 21.0. The summed E-state index contributed by atoms with van der Waals surface area (Å²) in [4.78, 5) is 12.3. The first kappa shape index (κ1) is 22.0. The molecule has 29 heavy (non-hydrogen) atoms. The summed E-state index contributed by atoms with van der Waals surface area (Å²) in [5.41, 5.74) is 1.16. The Morgan fingerprint density at radius 2 is 1.97 bits per heavy atom. The van der Waals surface area contributed by atoms with Gasteiger partial charge in [0.05, 0.1) is 33.3 Å². The topological polar surface area (TPSA) is 87.0 Å². The summed E-state index contributed by atoms with van der Waals surface area (Å²) in [5, 5.41) is 0. The Morgan fingerprint density at radius 1 is 1.17 bits per heavy atom. The van der Waals surface area contributed by atoms with Crippen molar-refractivity contribution >= 4 is 60.5 Å². The van der Waals surface area contributed by atoms with Crippen molar-refractivity contribution in [2.75, 3.05) is 19.8 Å². The quantitative estimate of drug-likeness (QED) is 0.364. The highest BCUT2D eigenvalue weighted by atomic mass is 35.5. The van der Waals surface area contributed by atoms with Gasteiger partial charge in [0.2, 0.25) is 4.80 Å². The predicted molar refractivity (Wildman–Crippen MR) is 114 cm³/mol. The van der Waals surface area contributed by atoms with Crippen LogP contribution in [0.15, 0.2) is 38.9 Å². The van der Waals surface area contributed by atoms with Gasteiger partial charge >= 0.3 is 5.97 Å². The molecule has 0 radical (unpaired) electrons. The average Bonchev–Trinajstić information content (AvgIpc) is 3.25. The van der Waals surface area contributed by atoms with Gasteiger partial charge in [0.15, 0.2) is 0 Å². The van der Waals surface area contributed by atoms with Gasteiger partial charge in [-0.05, 0) is 44.2 Å². The normalized spacial score (nSPS) is 12.6. The summed E-state index contributed by atoms with van der Waals surface area (Å²) in [6.07, 6.45) is 0. The highest BCUT2D eigenvalue weighted by Gasteiger charge is 2.18. The molecule has 0 fully saturated rings. The lowest BCUT2D eigenvalue weighted by Gasteiger charge is -2.06. The van der Waals surface area contributed by atoms with E-state index in [0.717, 1.165) is 21.6 Å². The fourth-order valence-corrected chi connectivity index (χ4v) is 6.34. The molecule has 0 unspecified atom stereocenters. The van der Waals surface area contributed by atoms with E-state index in [9.17, 15) is 13.2 Å². The first-order valence-electron chi connectivity index (χ1n) is 8.80. The number of benzene rings is 1. The number of carbonyl (C=O) groups excluding carboxylic acids is 1. The Morgan fingerprint density at radius 3 is 2.62 bits per heavy atom. The van der Waals surface area contributed by atoms with Crippen LogP contribution in [0.3, 0.4) is 0 Å². The summed E-state index contributed by atoms with van der Waals surface area (Å²) in [6, 6.07) is 8.05. The molecule has 7 nitrogen and oxygen atoms in total. The second kappa shape index (κ2) is 9.40. The molecule has 2 aromatic heterocycles. The lowest BCUT2D eigenvalue weighted by atomic mass is 10.2. The Bertz CT molecular complexity index is 1190. The van der Waals surface area contributed by atoms with E-state index < -0.39 is 16.0 Å². The van der Waals surface area contributed by atoms with Crippen molar-refractivity contribution in [3.8, 4) is 0 Å². The van der Waals surface area contributed by atoms with Gasteiger partial charge in [0.25, 0.3) is 10.0 Å². The van der Waals surface area contributed by atoms with Crippen molar-refractivity contribution in [3.05, 3.63) is 45.0 Å². The van der Waals surface area contributed by atoms with Crippen LogP contribution in [0.4, 0.5) is 0 Å². The van der Waals surface area contributed by atoms with Crippen LogP contribution in [-0.2, 0) is 26.0 Å². The maximum Gasteiger partial charge on any atom is 0.338 e. The number of hydrogen-bond donors (Lipinski definition) is 0. The standard InChI is InChI=1S/C18H19ClN2O5S3/c1-3-25-10-9-21-13-6-5-12(17(22)26-4-2)11-14(13)27-18(21)20-29(23,24)16-8-7-15(19)28-16/h5-8,11H,3-4,9-10H2,1-2H3/b20-18-. The van der Waals surface area contributed by atoms with Gasteiger partial charge in [0.1, 0.15) is 4.21 Å². The van der Waals surface area contributed by atoms with Crippen LogP contribution >= 0.6 is 34.3 Å². The van der Waals surface area contributed by atoms with Crippen LogP contribution in [0.25, 0.3) is 10.2 Å². The molecule has 0 saturated carbocycles. The monoisotopic (exact) mass is 474 g/mol. The number of sulfonamides is 1. The summed E-state index contributed by atoms with van der Waals surface area (Å²) in [5.74, 6) is -0.428. The van der Waals surface area contributed by atoms with Gasteiger partial charge in [-0.25, -0.2) is 4.79 Å². The number of aromatic nitrogens is 1. The zero-order valence-electron chi connectivity index (χ0n) is 15.8. The SMILES string of the molecule is CCOCCn1/c(=N/S(=O)(=O)c2ccc(Cl)s2)sc2cc(C(=O)OCC)ccc21. The van der Waals surface area contributed by atoms with Crippen LogP contribution in [0.5, 0.6) is 0 Å². The van der Waals surface area contributed by atoms with Gasteiger partial charge < -0.3 is 14.0 Å². The largest absolute Gasteiger partial charge is 0.462 e. The van der Waals surface area contributed by atoms with E-state index in [4.69, 9.17) is 21.1 Å². The van der Waals surface area contributed by atoms with Crippen LogP contribution in [-0.4, -0.2) is 38.8 Å². The number of hydrogen-bond acceptors (Lipinski definition) is 7. The molecule has 156 valence electrons. The number of rotatable bonds is 8. The van der Waals surface area contributed by atoms with E-state index in [1.807, 2.05) is 6.92 Å². The number of carbonyl (C=O) groups is 1. The first-order chi connectivity index (χ1) is 13.9. The molecular weight excluding hydrogens is 456 g/mol. The first-order valence-corrected chi connectivity index (χ1v) is 12.3. The Balaban J connectivity index is 2.13. The van der Waals surface area contributed by atoms with Crippen molar-refractivity contribution in [2.45, 2.75) is 24.6 Å². The molecule has 0 N–H and O–H groups in total. The van der Waals surface area contributed by atoms with E-state index in [1.54, 1.807) is 29.7 Å².